The van der Waals surface area contributed by atoms with Crippen LogP contribution in [-0.4, -0.2) is 23.3 Å². The zero-order valence-electron chi connectivity index (χ0n) is 10.6. The summed E-state index contributed by atoms with van der Waals surface area (Å²) >= 11 is 0. The fraction of sp³-hybridized carbons (Fsp3) is 0.462. The van der Waals surface area contributed by atoms with Gasteiger partial charge < -0.3 is 14.9 Å². The molecule has 0 saturated heterocycles. The van der Waals surface area contributed by atoms with E-state index in [2.05, 4.69) is 0 Å². The molecule has 0 radical (unpaired) electrons. The van der Waals surface area contributed by atoms with Gasteiger partial charge in [-0.2, -0.15) is 0 Å². The molecule has 0 amide bonds. The van der Waals surface area contributed by atoms with E-state index in [4.69, 9.17) is 9.84 Å². The van der Waals surface area contributed by atoms with Crippen LogP contribution in [0.25, 0.3) is 0 Å². The van der Waals surface area contributed by atoms with Crippen molar-refractivity contribution >= 4 is 5.97 Å². The fourth-order valence-corrected chi connectivity index (χ4v) is 1.89. The smallest absolute Gasteiger partial charge is 0.304 e. The first-order chi connectivity index (χ1) is 7.77. The van der Waals surface area contributed by atoms with Crippen molar-refractivity contribution < 1.29 is 19.7 Å². The topological polar surface area (TPSA) is 66.8 Å². The summed E-state index contributed by atoms with van der Waals surface area (Å²) in [6, 6.07) is 3.41. The van der Waals surface area contributed by atoms with E-state index in [1.54, 1.807) is 6.07 Å². The molecule has 4 heteroatoms. The Morgan fingerprint density at radius 3 is 2.41 bits per heavy atom. The van der Waals surface area contributed by atoms with Crippen LogP contribution >= 0.6 is 0 Å². The lowest BCUT2D eigenvalue weighted by atomic mass is 9.81. The molecule has 0 atom stereocenters. The largest absolute Gasteiger partial charge is 0.504 e. The molecule has 0 saturated carbocycles. The van der Waals surface area contributed by atoms with Gasteiger partial charge in [0.15, 0.2) is 11.5 Å². The lowest BCUT2D eigenvalue weighted by Gasteiger charge is -2.24. The monoisotopic (exact) mass is 238 g/mol. The summed E-state index contributed by atoms with van der Waals surface area (Å²) in [6.45, 7) is 5.49. The highest BCUT2D eigenvalue weighted by atomic mass is 16.5. The Hall–Kier alpha value is -1.71. The van der Waals surface area contributed by atoms with Crippen molar-refractivity contribution in [2.24, 2.45) is 0 Å². The average molecular weight is 238 g/mol. The highest BCUT2D eigenvalue weighted by Gasteiger charge is 2.25. The number of methoxy groups -OCH3 is 1. The van der Waals surface area contributed by atoms with Crippen LogP contribution in [0.4, 0.5) is 0 Å². The van der Waals surface area contributed by atoms with E-state index < -0.39 is 11.4 Å². The summed E-state index contributed by atoms with van der Waals surface area (Å²) in [4.78, 5) is 10.8. The number of carboxylic acid groups (broad SMARTS) is 1. The van der Waals surface area contributed by atoms with Gasteiger partial charge in [0, 0.05) is 5.41 Å². The quantitative estimate of drug-likeness (QED) is 0.845. The number of aliphatic carboxylic acids is 1. The van der Waals surface area contributed by atoms with Gasteiger partial charge in [0.05, 0.1) is 13.5 Å². The number of hydrogen-bond acceptors (Lipinski definition) is 3. The molecule has 0 aliphatic rings. The molecule has 0 bridgehead atoms. The SMILES string of the molecule is COc1c(C)cc(C(C)(C)CC(=O)O)cc1O. The van der Waals surface area contributed by atoms with Crippen molar-refractivity contribution in [3.05, 3.63) is 23.3 Å². The third-order valence-electron chi connectivity index (χ3n) is 2.83. The minimum Gasteiger partial charge on any atom is -0.504 e. The van der Waals surface area contributed by atoms with E-state index in [1.165, 1.54) is 7.11 Å². The second kappa shape index (κ2) is 4.65. The molecular weight excluding hydrogens is 220 g/mol. The summed E-state index contributed by atoms with van der Waals surface area (Å²) in [5.41, 5.74) is 1.05. The molecule has 0 heterocycles. The fourth-order valence-electron chi connectivity index (χ4n) is 1.89. The molecule has 17 heavy (non-hydrogen) atoms. The first-order valence-corrected chi connectivity index (χ1v) is 5.38. The van der Waals surface area contributed by atoms with Crippen molar-refractivity contribution in [1.29, 1.82) is 0 Å². The first kappa shape index (κ1) is 13.4. The Balaban J connectivity index is 3.20. The van der Waals surface area contributed by atoms with Gasteiger partial charge >= 0.3 is 5.97 Å². The number of aromatic hydroxyl groups is 1. The third-order valence-corrected chi connectivity index (χ3v) is 2.83. The molecule has 0 fully saturated rings. The lowest BCUT2D eigenvalue weighted by Crippen LogP contribution is -2.21. The van der Waals surface area contributed by atoms with Crippen molar-refractivity contribution in [1.82, 2.24) is 0 Å². The van der Waals surface area contributed by atoms with Crippen molar-refractivity contribution in [3.63, 3.8) is 0 Å². The second-order valence-corrected chi connectivity index (χ2v) is 4.80. The highest BCUT2D eigenvalue weighted by Crippen LogP contribution is 2.36. The molecule has 1 aromatic rings. The van der Waals surface area contributed by atoms with Crippen LogP contribution in [0.5, 0.6) is 11.5 Å². The average Bonchev–Trinajstić information content (AvgIpc) is 2.14. The van der Waals surface area contributed by atoms with E-state index in [-0.39, 0.29) is 12.2 Å². The first-order valence-electron chi connectivity index (χ1n) is 5.38. The Kier molecular flexibility index (Phi) is 3.66. The molecular formula is C13H18O4. The van der Waals surface area contributed by atoms with Crippen LogP contribution in [0.15, 0.2) is 12.1 Å². The van der Waals surface area contributed by atoms with Gasteiger partial charge in [0.1, 0.15) is 0 Å². The normalized spacial score (nSPS) is 11.3. The van der Waals surface area contributed by atoms with E-state index in [9.17, 15) is 9.90 Å². The maximum Gasteiger partial charge on any atom is 0.304 e. The zero-order valence-corrected chi connectivity index (χ0v) is 10.6. The number of benzene rings is 1. The molecule has 2 N–H and O–H groups in total. The second-order valence-electron chi connectivity index (χ2n) is 4.80. The summed E-state index contributed by atoms with van der Waals surface area (Å²) in [5.74, 6) is -0.385. The number of carbonyl (C=O) groups is 1. The van der Waals surface area contributed by atoms with Crippen molar-refractivity contribution in [2.75, 3.05) is 7.11 Å². The Bertz CT molecular complexity index is 412. The maximum atomic E-state index is 10.8. The van der Waals surface area contributed by atoms with E-state index >= 15 is 0 Å². The molecule has 0 aromatic heterocycles. The number of phenols is 1. The molecule has 0 unspecified atom stereocenters. The number of aryl methyl sites for hydroxylation is 1. The van der Waals surface area contributed by atoms with Gasteiger partial charge in [-0.1, -0.05) is 19.9 Å². The third kappa shape index (κ3) is 2.90. The van der Waals surface area contributed by atoms with Crippen LogP contribution in [-0.2, 0) is 10.2 Å². The highest BCUT2D eigenvalue weighted by molar-refractivity contribution is 5.69. The number of ether oxygens (including phenoxy) is 1. The van der Waals surface area contributed by atoms with Gasteiger partial charge in [-0.05, 0) is 24.1 Å². The lowest BCUT2D eigenvalue weighted by molar-refractivity contribution is -0.138. The molecule has 0 aliphatic heterocycles. The van der Waals surface area contributed by atoms with Gasteiger partial charge in [-0.15, -0.1) is 0 Å². The molecule has 1 aromatic carbocycles. The predicted molar refractivity (Wildman–Crippen MR) is 64.7 cm³/mol. The summed E-state index contributed by atoms with van der Waals surface area (Å²) < 4.78 is 5.06. The van der Waals surface area contributed by atoms with Crippen LogP contribution in [0.2, 0.25) is 0 Å². The van der Waals surface area contributed by atoms with Crippen molar-refractivity contribution in [3.8, 4) is 11.5 Å². The number of carboxylic acids is 1. The van der Waals surface area contributed by atoms with E-state index in [0.29, 0.717) is 5.75 Å². The van der Waals surface area contributed by atoms with Crippen LogP contribution < -0.4 is 4.74 Å². The molecule has 0 spiro atoms. The van der Waals surface area contributed by atoms with E-state index in [1.807, 2.05) is 26.8 Å². The molecule has 1 rings (SSSR count). The Labute approximate surface area is 101 Å². The molecule has 4 nitrogen and oxygen atoms in total. The maximum absolute atomic E-state index is 10.8. The predicted octanol–water partition coefficient (Wildman–Crippen LogP) is 2.46. The zero-order chi connectivity index (χ0) is 13.2. The minimum absolute atomic E-state index is 0.0121. The van der Waals surface area contributed by atoms with Crippen LogP contribution in [0, 0.1) is 6.92 Å². The molecule has 94 valence electrons. The Morgan fingerprint density at radius 1 is 1.41 bits per heavy atom. The van der Waals surface area contributed by atoms with E-state index in [0.717, 1.165) is 11.1 Å². The number of rotatable bonds is 4. The van der Waals surface area contributed by atoms with Crippen LogP contribution in [0.3, 0.4) is 0 Å². The summed E-state index contributed by atoms with van der Waals surface area (Å²) in [7, 11) is 1.49. The molecule has 0 aliphatic carbocycles. The van der Waals surface area contributed by atoms with Crippen LogP contribution in [0.1, 0.15) is 31.4 Å². The van der Waals surface area contributed by atoms with Gasteiger partial charge in [0.2, 0.25) is 0 Å². The van der Waals surface area contributed by atoms with Gasteiger partial charge in [0.25, 0.3) is 0 Å². The number of phenolic OH excluding ortho intramolecular Hbond substituents is 1. The Morgan fingerprint density at radius 2 is 2.00 bits per heavy atom. The number of hydrogen-bond donors (Lipinski definition) is 2. The standard InChI is InChI=1S/C13H18O4/c1-8-5-9(6-10(14)12(8)17-4)13(2,3)7-11(15)16/h5-6,14H,7H2,1-4H3,(H,15,16). The van der Waals surface area contributed by atoms with Crippen molar-refractivity contribution in [2.45, 2.75) is 32.6 Å². The van der Waals surface area contributed by atoms with Gasteiger partial charge in [-0.3, -0.25) is 4.79 Å². The minimum atomic E-state index is -0.858. The summed E-state index contributed by atoms with van der Waals surface area (Å²) in [6.07, 6.45) is 0.0121. The summed E-state index contributed by atoms with van der Waals surface area (Å²) in [5, 5.41) is 18.7. The van der Waals surface area contributed by atoms with Gasteiger partial charge in [-0.25, -0.2) is 0 Å².